The summed E-state index contributed by atoms with van der Waals surface area (Å²) in [7, 11) is 1.72. The lowest BCUT2D eigenvalue weighted by molar-refractivity contribution is -0.121. The lowest BCUT2D eigenvalue weighted by Crippen LogP contribution is -2.31. The van der Waals surface area contributed by atoms with Gasteiger partial charge < -0.3 is 20.7 Å². The van der Waals surface area contributed by atoms with E-state index in [-0.39, 0.29) is 5.91 Å². The molecule has 0 saturated carbocycles. The van der Waals surface area contributed by atoms with Gasteiger partial charge in [0, 0.05) is 56.6 Å². The Morgan fingerprint density at radius 3 is 2.66 bits per heavy atom. The Labute approximate surface area is 208 Å². The normalized spacial score (nSPS) is 19.4. The summed E-state index contributed by atoms with van der Waals surface area (Å²) in [6.07, 6.45) is 4.03. The second kappa shape index (κ2) is 13.9. The molecule has 4 bridgehead atoms. The number of nitrogens with one attached hydrogen (secondary N) is 3. The molecule has 2 aromatic carbocycles. The maximum absolute atomic E-state index is 12.3. The van der Waals surface area contributed by atoms with E-state index < -0.39 is 0 Å². The summed E-state index contributed by atoms with van der Waals surface area (Å²) in [6, 6.07) is 15.9. The summed E-state index contributed by atoms with van der Waals surface area (Å²) in [5.41, 5.74) is 2.92. The first kappa shape index (κ1) is 26.0. The summed E-state index contributed by atoms with van der Waals surface area (Å²) in [5, 5.41) is 9.65. The van der Waals surface area contributed by atoms with Crippen molar-refractivity contribution in [3.63, 3.8) is 0 Å². The van der Waals surface area contributed by atoms with Crippen LogP contribution in [0.15, 0.2) is 70.4 Å². The van der Waals surface area contributed by atoms with E-state index in [1.807, 2.05) is 42.5 Å². The number of ether oxygens (including phenoxy) is 1. The molecule has 1 aliphatic heterocycles. The number of hydrogen-bond acceptors (Lipinski definition) is 6. The number of amidine groups is 1. The van der Waals surface area contributed by atoms with Gasteiger partial charge in [0.25, 0.3) is 0 Å². The molecule has 0 radical (unpaired) electrons. The highest BCUT2D eigenvalue weighted by atomic mass is 16.5. The molecule has 3 rings (SSSR count). The molecule has 0 spiro atoms. The first-order chi connectivity index (χ1) is 17.1. The van der Waals surface area contributed by atoms with Gasteiger partial charge in [-0.3, -0.25) is 14.7 Å². The lowest BCUT2D eigenvalue weighted by atomic mass is 10.1. The van der Waals surface area contributed by atoms with Gasteiger partial charge in [0.2, 0.25) is 5.91 Å². The lowest BCUT2D eigenvalue weighted by Gasteiger charge is -2.21. The quantitative estimate of drug-likeness (QED) is 0.563. The SMILES string of the molecule is C=N/C1=C\C(=NC)Nc2cccc(c2)OCCCCNC(=O)CCN(CC)Cc2cccc(c2)N1. The largest absolute Gasteiger partial charge is 0.494 e. The monoisotopic (exact) mass is 476 g/mol. The first-order valence-corrected chi connectivity index (χ1v) is 12.1. The zero-order valence-electron chi connectivity index (χ0n) is 20.7. The van der Waals surface area contributed by atoms with Crippen LogP contribution in [-0.2, 0) is 11.3 Å². The Hall–Kier alpha value is -3.65. The van der Waals surface area contributed by atoms with E-state index in [0.29, 0.717) is 37.8 Å². The fourth-order valence-electron chi connectivity index (χ4n) is 3.71. The second-order valence-corrected chi connectivity index (χ2v) is 8.30. The van der Waals surface area contributed by atoms with Crippen LogP contribution in [0.1, 0.15) is 31.7 Å². The van der Waals surface area contributed by atoms with Crippen molar-refractivity contribution in [2.45, 2.75) is 32.7 Å². The number of benzene rings is 2. The predicted molar refractivity (Wildman–Crippen MR) is 144 cm³/mol. The number of rotatable bonds is 2. The van der Waals surface area contributed by atoms with E-state index in [2.05, 4.69) is 56.6 Å². The van der Waals surface area contributed by atoms with Crippen LogP contribution in [0.2, 0.25) is 0 Å². The maximum atomic E-state index is 12.3. The summed E-state index contributed by atoms with van der Waals surface area (Å²) in [5.74, 6) is 2.08. The third kappa shape index (κ3) is 8.90. The number of hydrogen-bond donors (Lipinski definition) is 3. The fourth-order valence-corrected chi connectivity index (χ4v) is 3.71. The van der Waals surface area contributed by atoms with Crippen molar-refractivity contribution in [2.24, 2.45) is 9.98 Å². The van der Waals surface area contributed by atoms with Crippen molar-refractivity contribution in [1.29, 1.82) is 0 Å². The van der Waals surface area contributed by atoms with Crippen LogP contribution in [0.3, 0.4) is 0 Å². The summed E-state index contributed by atoms with van der Waals surface area (Å²) in [4.78, 5) is 23.0. The van der Waals surface area contributed by atoms with Gasteiger partial charge in [-0.05, 0) is 55.9 Å². The van der Waals surface area contributed by atoms with Crippen LogP contribution in [0, 0.1) is 0 Å². The minimum Gasteiger partial charge on any atom is -0.494 e. The standard InChI is InChI=1S/C27H36N6O2/c1-4-33-15-13-27(34)30-14-5-6-16-35-24-12-8-11-23(18-24)32-26(29-3)19-25(28-2)31-22-10-7-9-21(17-22)20-33/h7-12,17-19,31H,2,4-6,13-16,20H2,1,3H3,(H,29,32)(H,30,34)/b25-19+. The van der Waals surface area contributed by atoms with Crippen LogP contribution in [-0.4, -0.2) is 56.6 Å². The zero-order valence-corrected chi connectivity index (χ0v) is 20.7. The van der Waals surface area contributed by atoms with Gasteiger partial charge in [0.05, 0.1) is 6.61 Å². The Morgan fingerprint density at radius 1 is 1.09 bits per heavy atom. The topological polar surface area (TPSA) is 90.4 Å². The van der Waals surface area contributed by atoms with E-state index in [0.717, 1.165) is 48.6 Å². The average Bonchev–Trinajstić information content (AvgIpc) is 2.87. The molecule has 1 aliphatic rings. The molecule has 0 aromatic heterocycles. The smallest absolute Gasteiger partial charge is 0.221 e. The van der Waals surface area contributed by atoms with Crippen molar-refractivity contribution in [3.8, 4) is 5.75 Å². The highest BCUT2D eigenvalue weighted by molar-refractivity contribution is 6.04. The van der Waals surface area contributed by atoms with Gasteiger partial charge in [0.15, 0.2) is 0 Å². The zero-order chi connectivity index (χ0) is 24.9. The number of carbonyl (C=O) groups excluding carboxylic acids is 1. The molecule has 35 heavy (non-hydrogen) atoms. The first-order valence-electron chi connectivity index (χ1n) is 12.1. The maximum Gasteiger partial charge on any atom is 0.221 e. The van der Waals surface area contributed by atoms with Crippen molar-refractivity contribution in [1.82, 2.24) is 10.2 Å². The molecule has 186 valence electrons. The molecule has 1 amide bonds. The van der Waals surface area contributed by atoms with Gasteiger partial charge in [-0.15, -0.1) is 0 Å². The van der Waals surface area contributed by atoms with E-state index in [1.54, 1.807) is 7.05 Å². The molecule has 8 heteroatoms. The van der Waals surface area contributed by atoms with Crippen LogP contribution < -0.4 is 20.7 Å². The van der Waals surface area contributed by atoms with Gasteiger partial charge in [-0.25, -0.2) is 4.99 Å². The van der Waals surface area contributed by atoms with E-state index in [9.17, 15) is 4.79 Å². The molecule has 8 nitrogen and oxygen atoms in total. The molecule has 3 N–H and O–H groups in total. The van der Waals surface area contributed by atoms with Crippen molar-refractivity contribution < 1.29 is 9.53 Å². The minimum absolute atomic E-state index is 0.0842. The van der Waals surface area contributed by atoms with Crippen LogP contribution in [0.25, 0.3) is 0 Å². The second-order valence-electron chi connectivity index (χ2n) is 8.30. The van der Waals surface area contributed by atoms with Crippen LogP contribution in [0.5, 0.6) is 5.75 Å². The molecule has 0 fully saturated rings. The van der Waals surface area contributed by atoms with Crippen molar-refractivity contribution >= 4 is 29.8 Å². The molecule has 0 atom stereocenters. The predicted octanol–water partition coefficient (Wildman–Crippen LogP) is 4.28. The van der Waals surface area contributed by atoms with E-state index in [4.69, 9.17) is 4.74 Å². The Balaban J connectivity index is 1.82. The number of amides is 1. The Kier molecular flexibility index (Phi) is 10.3. The molecule has 0 unspecified atom stereocenters. The minimum atomic E-state index is 0.0842. The molecular weight excluding hydrogens is 440 g/mol. The van der Waals surface area contributed by atoms with Gasteiger partial charge in [0.1, 0.15) is 17.4 Å². The third-order valence-electron chi connectivity index (χ3n) is 5.66. The van der Waals surface area contributed by atoms with Crippen molar-refractivity contribution in [2.75, 3.05) is 43.9 Å². The summed E-state index contributed by atoms with van der Waals surface area (Å²) < 4.78 is 5.89. The molecule has 0 saturated heterocycles. The van der Waals surface area contributed by atoms with Crippen LogP contribution in [0.4, 0.5) is 11.4 Å². The number of aliphatic imine (C=N–C) groups is 2. The number of carbonyl (C=O) groups is 1. The highest BCUT2D eigenvalue weighted by Crippen LogP contribution is 2.19. The number of anilines is 2. The van der Waals surface area contributed by atoms with Crippen LogP contribution >= 0.6 is 0 Å². The van der Waals surface area contributed by atoms with E-state index >= 15 is 0 Å². The number of nitrogens with zero attached hydrogens (tertiary/aromatic N) is 3. The Bertz CT molecular complexity index is 1050. The average molecular weight is 477 g/mol. The third-order valence-corrected chi connectivity index (χ3v) is 5.66. The number of fused-ring (bicyclic) bond motifs is 4. The highest BCUT2D eigenvalue weighted by Gasteiger charge is 2.09. The summed E-state index contributed by atoms with van der Waals surface area (Å²) in [6.45, 7) is 9.40. The Morgan fingerprint density at radius 2 is 1.89 bits per heavy atom. The fraction of sp³-hybridized carbons (Fsp3) is 0.370. The molecular formula is C27H36N6O2. The molecule has 0 aliphatic carbocycles. The molecule has 1 heterocycles. The van der Waals surface area contributed by atoms with Gasteiger partial charge in [-0.1, -0.05) is 25.1 Å². The van der Waals surface area contributed by atoms with Gasteiger partial charge >= 0.3 is 0 Å². The van der Waals surface area contributed by atoms with Gasteiger partial charge in [-0.2, -0.15) is 0 Å². The molecule has 2 aromatic rings. The van der Waals surface area contributed by atoms with E-state index in [1.165, 1.54) is 0 Å². The summed E-state index contributed by atoms with van der Waals surface area (Å²) >= 11 is 0. The van der Waals surface area contributed by atoms with Crippen molar-refractivity contribution in [3.05, 3.63) is 66.0 Å².